The second-order valence-corrected chi connectivity index (χ2v) is 1.86. The number of nitrogens with zero attached hydrogens (tertiary/aromatic N) is 1. The fourth-order valence-corrected chi connectivity index (χ4v) is 0.432. The molecule has 0 aliphatic carbocycles. The third-order valence-electron chi connectivity index (χ3n) is 0.848. The highest BCUT2D eigenvalue weighted by atomic mass is 16.7. The normalized spacial score (nSPS) is 8.60. The van der Waals surface area contributed by atoms with Gasteiger partial charge in [-0.25, -0.2) is 4.79 Å². The third-order valence-corrected chi connectivity index (χ3v) is 0.848. The largest absolute Gasteiger partial charge is 0.339 e. The molecule has 1 amide bonds. The first-order chi connectivity index (χ1) is 4.70. The zero-order chi connectivity index (χ0) is 7.98. The number of amides is 1. The van der Waals surface area contributed by atoms with Crippen molar-refractivity contribution in [3.63, 3.8) is 0 Å². The van der Waals surface area contributed by atoms with Gasteiger partial charge in [0.1, 0.15) is 0 Å². The highest BCUT2D eigenvalue weighted by molar-refractivity contribution is 5.69. The molecule has 0 aromatic carbocycles. The number of hydrogen-bond acceptors (Lipinski definition) is 3. The highest BCUT2D eigenvalue weighted by Gasteiger charge is 2.02. The third kappa shape index (κ3) is 3.88. The average Bonchev–Trinajstić information content (AvgIpc) is 1.88. The lowest BCUT2D eigenvalue weighted by Crippen LogP contribution is -2.20. The Morgan fingerprint density at radius 1 is 1.70 bits per heavy atom. The Bertz CT molecular complexity index is 124. The summed E-state index contributed by atoms with van der Waals surface area (Å²) in [6.07, 6.45) is 1.51. The minimum absolute atomic E-state index is 0.345. The summed E-state index contributed by atoms with van der Waals surface area (Å²) in [5.74, 6) is -0.378. The molecule has 0 aliphatic heterocycles. The van der Waals surface area contributed by atoms with Crippen LogP contribution in [0.25, 0.3) is 0 Å². The Morgan fingerprint density at radius 2 is 2.30 bits per heavy atom. The summed E-state index contributed by atoms with van der Waals surface area (Å²) < 4.78 is 0. The van der Waals surface area contributed by atoms with Crippen LogP contribution in [0.15, 0.2) is 0 Å². The molecular formula is C6H11NO3. The fraction of sp³-hybridized carbons (Fsp3) is 0.667. The van der Waals surface area contributed by atoms with Crippen LogP contribution in [0, 0.1) is 0 Å². The van der Waals surface area contributed by atoms with E-state index in [0.29, 0.717) is 12.8 Å². The lowest BCUT2D eigenvalue weighted by Gasteiger charge is -2.08. The van der Waals surface area contributed by atoms with Crippen LogP contribution in [0.5, 0.6) is 0 Å². The summed E-state index contributed by atoms with van der Waals surface area (Å²) in [5, 5.41) is 0.845. The quantitative estimate of drug-likeness (QED) is 0.423. The molecule has 4 heteroatoms. The molecule has 0 aromatic rings. The maximum absolute atomic E-state index is 10.6. The second-order valence-electron chi connectivity index (χ2n) is 1.86. The van der Waals surface area contributed by atoms with E-state index in [1.54, 1.807) is 0 Å². The highest BCUT2D eigenvalue weighted by Crippen LogP contribution is 1.91. The standard InChI is InChI=1S/C6H11NO3/c1-3-4-6(9)10-7(2)5-8/h5H,3-4H2,1-2H3. The molecule has 0 radical (unpaired) electrons. The summed E-state index contributed by atoms with van der Waals surface area (Å²) >= 11 is 0. The van der Waals surface area contributed by atoms with E-state index < -0.39 is 0 Å². The van der Waals surface area contributed by atoms with Crippen LogP contribution in [0.3, 0.4) is 0 Å². The van der Waals surface area contributed by atoms with Crippen LogP contribution in [0.1, 0.15) is 19.8 Å². The van der Waals surface area contributed by atoms with Gasteiger partial charge in [0.05, 0.1) is 0 Å². The Kier molecular flexibility index (Phi) is 4.28. The number of hydrogen-bond donors (Lipinski definition) is 0. The van der Waals surface area contributed by atoms with Gasteiger partial charge in [-0.15, -0.1) is 0 Å². The van der Waals surface area contributed by atoms with E-state index in [1.807, 2.05) is 6.92 Å². The van der Waals surface area contributed by atoms with E-state index in [2.05, 4.69) is 4.84 Å². The molecule has 4 nitrogen and oxygen atoms in total. The number of carbonyl (C=O) groups excluding carboxylic acids is 2. The van der Waals surface area contributed by atoms with Crippen LogP contribution >= 0.6 is 0 Å². The summed E-state index contributed by atoms with van der Waals surface area (Å²) in [7, 11) is 1.38. The Labute approximate surface area is 59.7 Å². The molecule has 0 saturated heterocycles. The van der Waals surface area contributed by atoms with Gasteiger partial charge in [-0.05, 0) is 6.42 Å². The molecule has 0 unspecified atom stereocenters. The molecule has 0 bridgehead atoms. The van der Waals surface area contributed by atoms with Crippen molar-refractivity contribution >= 4 is 12.4 Å². The van der Waals surface area contributed by atoms with Crippen molar-refractivity contribution in [2.24, 2.45) is 0 Å². The minimum Gasteiger partial charge on any atom is -0.339 e. The van der Waals surface area contributed by atoms with Crippen molar-refractivity contribution in [1.29, 1.82) is 0 Å². The molecule has 0 saturated carbocycles. The van der Waals surface area contributed by atoms with Crippen molar-refractivity contribution in [1.82, 2.24) is 5.06 Å². The van der Waals surface area contributed by atoms with Crippen molar-refractivity contribution in [3.05, 3.63) is 0 Å². The van der Waals surface area contributed by atoms with Gasteiger partial charge in [-0.2, -0.15) is 5.06 Å². The van der Waals surface area contributed by atoms with Gasteiger partial charge in [0, 0.05) is 13.5 Å². The predicted molar refractivity (Wildman–Crippen MR) is 34.8 cm³/mol. The molecule has 58 valence electrons. The monoisotopic (exact) mass is 145 g/mol. The van der Waals surface area contributed by atoms with Crippen LogP contribution < -0.4 is 0 Å². The first kappa shape index (κ1) is 8.94. The Morgan fingerprint density at radius 3 is 2.70 bits per heavy atom. The van der Waals surface area contributed by atoms with E-state index in [1.165, 1.54) is 7.05 Å². The maximum Gasteiger partial charge on any atom is 0.332 e. The molecular weight excluding hydrogens is 134 g/mol. The van der Waals surface area contributed by atoms with E-state index in [4.69, 9.17) is 0 Å². The topological polar surface area (TPSA) is 46.6 Å². The van der Waals surface area contributed by atoms with Crippen molar-refractivity contribution in [2.45, 2.75) is 19.8 Å². The van der Waals surface area contributed by atoms with E-state index in [0.717, 1.165) is 11.5 Å². The van der Waals surface area contributed by atoms with Gasteiger partial charge < -0.3 is 4.84 Å². The molecule has 0 N–H and O–H groups in total. The van der Waals surface area contributed by atoms with Crippen molar-refractivity contribution in [2.75, 3.05) is 7.05 Å². The number of hydroxylamine groups is 2. The van der Waals surface area contributed by atoms with E-state index in [-0.39, 0.29) is 5.97 Å². The van der Waals surface area contributed by atoms with Gasteiger partial charge in [-0.1, -0.05) is 6.92 Å². The molecule has 0 fully saturated rings. The van der Waals surface area contributed by atoms with E-state index in [9.17, 15) is 9.59 Å². The lowest BCUT2D eigenvalue weighted by atomic mass is 10.3. The SMILES string of the molecule is CCCC(=O)ON(C)C=O. The van der Waals surface area contributed by atoms with Crippen LogP contribution in [-0.2, 0) is 14.4 Å². The molecule has 0 aromatic heterocycles. The molecule has 10 heavy (non-hydrogen) atoms. The zero-order valence-corrected chi connectivity index (χ0v) is 6.16. The van der Waals surface area contributed by atoms with Crippen molar-refractivity contribution < 1.29 is 14.4 Å². The van der Waals surface area contributed by atoms with Crippen molar-refractivity contribution in [3.8, 4) is 0 Å². The summed E-state index contributed by atoms with van der Waals surface area (Å²) in [6.45, 7) is 1.86. The fourth-order valence-electron chi connectivity index (χ4n) is 0.432. The summed E-state index contributed by atoms with van der Waals surface area (Å²) in [5.41, 5.74) is 0. The second kappa shape index (κ2) is 4.78. The molecule has 0 heterocycles. The first-order valence-corrected chi connectivity index (χ1v) is 3.09. The summed E-state index contributed by atoms with van der Waals surface area (Å²) in [4.78, 5) is 24.9. The molecule has 0 atom stereocenters. The van der Waals surface area contributed by atoms with E-state index >= 15 is 0 Å². The maximum atomic E-state index is 10.6. The van der Waals surface area contributed by atoms with Gasteiger partial charge in [0.2, 0.25) is 6.41 Å². The molecule has 0 aliphatic rings. The smallest absolute Gasteiger partial charge is 0.332 e. The average molecular weight is 145 g/mol. The Balaban J connectivity index is 3.46. The molecule has 0 spiro atoms. The van der Waals surface area contributed by atoms with Gasteiger partial charge in [0.25, 0.3) is 0 Å². The first-order valence-electron chi connectivity index (χ1n) is 3.09. The lowest BCUT2D eigenvalue weighted by molar-refractivity contribution is -0.185. The van der Waals surface area contributed by atoms with Gasteiger partial charge in [-0.3, -0.25) is 4.79 Å². The Hall–Kier alpha value is -1.06. The summed E-state index contributed by atoms with van der Waals surface area (Å²) in [6, 6.07) is 0. The van der Waals surface area contributed by atoms with Crippen LogP contribution in [0.2, 0.25) is 0 Å². The minimum atomic E-state index is -0.378. The zero-order valence-electron chi connectivity index (χ0n) is 6.16. The van der Waals surface area contributed by atoms with Crippen LogP contribution in [0.4, 0.5) is 0 Å². The number of rotatable bonds is 4. The molecule has 0 rings (SSSR count). The van der Waals surface area contributed by atoms with Gasteiger partial charge in [0.15, 0.2) is 0 Å². The number of carbonyl (C=O) groups is 2. The van der Waals surface area contributed by atoms with Crippen LogP contribution in [-0.4, -0.2) is 24.5 Å². The van der Waals surface area contributed by atoms with Gasteiger partial charge >= 0.3 is 5.97 Å². The predicted octanol–water partition coefficient (Wildman–Crippen LogP) is 0.333.